The molecule has 0 aliphatic rings. The summed E-state index contributed by atoms with van der Waals surface area (Å²) in [7, 11) is 0. The molecule has 0 heterocycles. The number of aliphatic carboxylic acids is 1. The number of hydrogen-bond donors (Lipinski definition) is 2. The molecule has 0 bridgehead atoms. The van der Waals surface area contributed by atoms with Crippen LogP contribution in [0, 0.1) is 0 Å². The summed E-state index contributed by atoms with van der Waals surface area (Å²) >= 11 is 0. The number of carboxylic acid groups (broad SMARTS) is 1. The summed E-state index contributed by atoms with van der Waals surface area (Å²) in [4.78, 5) is 21.7. The molecule has 0 saturated carbocycles. The van der Waals surface area contributed by atoms with Gasteiger partial charge in [-0.25, -0.2) is 4.79 Å². The van der Waals surface area contributed by atoms with E-state index >= 15 is 0 Å². The molecule has 0 rings (SSSR count). The zero-order valence-corrected chi connectivity index (χ0v) is 7.96. The minimum atomic E-state index is -1.18. The van der Waals surface area contributed by atoms with E-state index in [1.165, 1.54) is 6.92 Å². The monoisotopic (exact) mass is 185 g/mol. The van der Waals surface area contributed by atoms with Crippen LogP contribution in [0.4, 0.5) is 0 Å². The van der Waals surface area contributed by atoms with E-state index in [1.54, 1.807) is 0 Å². The Balaban J connectivity index is 4.49. The molecule has 1 amide bonds. The molecule has 1 atom stereocenters. The molecule has 0 aromatic heterocycles. The number of rotatable bonds is 5. The summed E-state index contributed by atoms with van der Waals surface area (Å²) in [5.74, 6) is -1.48. The Bertz CT molecular complexity index is 225. The Kier molecular flexibility index (Phi) is 4.17. The lowest BCUT2D eigenvalue weighted by Gasteiger charge is -2.24. The lowest BCUT2D eigenvalue weighted by atomic mass is 9.96. The van der Waals surface area contributed by atoms with Crippen LogP contribution in [0.15, 0.2) is 12.7 Å². The van der Waals surface area contributed by atoms with Crippen LogP contribution in [0.5, 0.6) is 0 Å². The SMILES string of the molecule is C=CC(=O)NC(C)(CCC)C(=O)O. The van der Waals surface area contributed by atoms with E-state index in [9.17, 15) is 9.59 Å². The molecule has 4 nitrogen and oxygen atoms in total. The van der Waals surface area contributed by atoms with Gasteiger partial charge in [-0.05, 0) is 19.4 Å². The number of carbonyl (C=O) groups excluding carboxylic acids is 1. The second-order valence-corrected chi connectivity index (χ2v) is 3.08. The maximum Gasteiger partial charge on any atom is 0.329 e. The third-order valence-corrected chi connectivity index (χ3v) is 1.81. The van der Waals surface area contributed by atoms with E-state index in [4.69, 9.17) is 5.11 Å². The summed E-state index contributed by atoms with van der Waals surface area (Å²) in [5, 5.41) is 11.2. The molecule has 0 aromatic carbocycles. The zero-order chi connectivity index (χ0) is 10.5. The molecule has 0 spiro atoms. The van der Waals surface area contributed by atoms with Gasteiger partial charge in [0.1, 0.15) is 5.54 Å². The highest BCUT2D eigenvalue weighted by Gasteiger charge is 2.32. The minimum absolute atomic E-state index is 0.405. The van der Waals surface area contributed by atoms with Crippen molar-refractivity contribution in [2.24, 2.45) is 0 Å². The van der Waals surface area contributed by atoms with Crippen LogP contribution in [0.1, 0.15) is 26.7 Å². The average molecular weight is 185 g/mol. The van der Waals surface area contributed by atoms with Crippen LogP contribution in [-0.2, 0) is 9.59 Å². The predicted molar refractivity (Wildman–Crippen MR) is 49.3 cm³/mol. The predicted octanol–water partition coefficient (Wildman–Crippen LogP) is 0.932. The highest BCUT2D eigenvalue weighted by Crippen LogP contribution is 2.12. The first-order valence-electron chi connectivity index (χ1n) is 4.14. The number of hydrogen-bond acceptors (Lipinski definition) is 2. The first-order valence-corrected chi connectivity index (χ1v) is 4.14. The van der Waals surface area contributed by atoms with Gasteiger partial charge in [0.15, 0.2) is 0 Å². The quantitative estimate of drug-likeness (QED) is 0.626. The second kappa shape index (κ2) is 4.64. The largest absolute Gasteiger partial charge is 0.480 e. The van der Waals surface area contributed by atoms with E-state index in [2.05, 4.69) is 11.9 Å². The van der Waals surface area contributed by atoms with Crippen LogP contribution in [0.25, 0.3) is 0 Å². The molecule has 13 heavy (non-hydrogen) atoms. The summed E-state index contributed by atoms with van der Waals surface area (Å²) < 4.78 is 0. The second-order valence-electron chi connectivity index (χ2n) is 3.08. The molecule has 2 N–H and O–H groups in total. The fraction of sp³-hybridized carbons (Fsp3) is 0.556. The summed E-state index contributed by atoms with van der Waals surface area (Å²) in [6.45, 7) is 6.61. The van der Waals surface area contributed by atoms with Gasteiger partial charge in [-0.15, -0.1) is 0 Å². The third kappa shape index (κ3) is 3.27. The van der Waals surface area contributed by atoms with Crippen molar-refractivity contribution in [2.45, 2.75) is 32.2 Å². The van der Waals surface area contributed by atoms with Gasteiger partial charge in [0.2, 0.25) is 5.91 Å². The Hall–Kier alpha value is -1.32. The molecule has 0 aliphatic heterocycles. The van der Waals surface area contributed by atoms with Crippen molar-refractivity contribution in [3.05, 3.63) is 12.7 Å². The zero-order valence-electron chi connectivity index (χ0n) is 7.96. The van der Waals surface area contributed by atoms with Gasteiger partial charge in [-0.1, -0.05) is 19.9 Å². The van der Waals surface area contributed by atoms with Crippen molar-refractivity contribution in [2.75, 3.05) is 0 Å². The van der Waals surface area contributed by atoms with E-state index in [0.717, 1.165) is 6.08 Å². The lowest BCUT2D eigenvalue weighted by molar-refractivity contribution is -0.146. The van der Waals surface area contributed by atoms with Crippen LogP contribution in [-0.4, -0.2) is 22.5 Å². The van der Waals surface area contributed by atoms with Crippen LogP contribution in [0.3, 0.4) is 0 Å². The molecule has 74 valence electrons. The van der Waals surface area contributed by atoms with Crippen molar-refractivity contribution in [1.82, 2.24) is 5.32 Å². The van der Waals surface area contributed by atoms with Crippen molar-refractivity contribution >= 4 is 11.9 Å². The van der Waals surface area contributed by atoms with Gasteiger partial charge in [0.05, 0.1) is 0 Å². The lowest BCUT2D eigenvalue weighted by Crippen LogP contribution is -2.51. The number of amides is 1. The standard InChI is InChI=1S/C9H15NO3/c1-4-6-9(3,8(12)13)10-7(11)5-2/h5H,2,4,6H2,1,3H3,(H,10,11)(H,12,13). The van der Waals surface area contributed by atoms with Gasteiger partial charge in [-0.3, -0.25) is 4.79 Å². The average Bonchev–Trinajstić information content (AvgIpc) is 2.04. The maximum absolute atomic E-state index is 10.9. The number of nitrogens with one attached hydrogen (secondary N) is 1. The van der Waals surface area contributed by atoms with Crippen LogP contribution in [0.2, 0.25) is 0 Å². The number of carboxylic acids is 1. The molecule has 0 saturated heterocycles. The highest BCUT2D eigenvalue weighted by molar-refractivity contribution is 5.92. The number of carbonyl (C=O) groups is 2. The van der Waals surface area contributed by atoms with Gasteiger partial charge >= 0.3 is 5.97 Å². The molecule has 1 unspecified atom stereocenters. The van der Waals surface area contributed by atoms with Crippen molar-refractivity contribution in [3.8, 4) is 0 Å². The Morgan fingerprint density at radius 3 is 2.46 bits per heavy atom. The van der Waals surface area contributed by atoms with Gasteiger partial charge < -0.3 is 10.4 Å². The van der Waals surface area contributed by atoms with Crippen LogP contribution >= 0.6 is 0 Å². The van der Waals surface area contributed by atoms with E-state index in [-0.39, 0.29) is 0 Å². The molecule has 0 aliphatic carbocycles. The normalized spacial score (nSPS) is 14.3. The molecule has 4 heteroatoms. The Morgan fingerprint density at radius 1 is 1.62 bits per heavy atom. The smallest absolute Gasteiger partial charge is 0.329 e. The fourth-order valence-corrected chi connectivity index (χ4v) is 1.05. The highest BCUT2D eigenvalue weighted by atomic mass is 16.4. The molecular formula is C9H15NO3. The van der Waals surface area contributed by atoms with Gasteiger partial charge in [-0.2, -0.15) is 0 Å². The Morgan fingerprint density at radius 2 is 2.15 bits per heavy atom. The van der Waals surface area contributed by atoms with Crippen LogP contribution < -0.4 is 5.32 Å². The molecule has 0 fully saturated rings. The van der Waals surface area contributed by atoms with Crippen molar-refractivity contribution in [3.63, 3.8) is 0 Å². The Labute approximate surface area is 77.6 Å². The summed E-state index contributed by atoms with van der Waals surface area (Å²) in [6.07, 6.45) is 2.17. The topological polar surface area (TPSA) is 66.4 Å². The van der Waals surface area contributed by atoms with Crippen molar-refractivity contribution in [1.29, 1.82) is 0 Å². The van der Waals surface area contributed by atoms with Gasteiger partial charge in [0, 0.05) is 0 Å². The van der Waals surface area contributed by atoms with Gasteiger partial charge in [0.25, 0.3) is 0 Å². The van der Waals surface area contributed by atoms with Crippen molar-refractivity contribution < 1.29 is 14.7 Å². The first-order chi connectivity index (χ1) is 5.96. The first kappa shape index (κ1) is 11.7. The molecule has 0 aromatic rings. The third-order valence-electron chi connectivity index (χ3n) is 1.81. The summed E-state index contributed by atoms with van der Waals surface area (Å²) in [5.41, 5.74) is -1.18. The molecular weight excluding hydrogens is 170 g/mol. The molecule has 0 radical (unpaired) electrons. The van der Waals surface area contributed by atoms with E-state index < -0.39 is 17.4 Å². The minimum Gasteiger partial charge on any atom is -0.480 e. The van der Waals surface area contributed by atoms with E-state index in [1.807, 2.05) is 6.92 Å². The van der Waals surface area contributed by atoms with E-state index in [0.29, 0.717) is 12.8 Å². The fourth-order valence-electron chi connectivity index (χ4n) is 1.05. The maximum atomic E-state index is 10.9. The summed E-state index contributed by atoms with van der Waals surface area (Å²) in [6, 6.07) is 0.